The van der Waals surface area contributed by atoms with Gasteiger partial charge in [0.15, 0.2) is 4.75 Å². The lowest BCUT2D eigenvalue weighted by molar-refractivity contribution is -0.123. The van der Waals surface area contributed by atoms with Gasteiger partial charge in [0, 0.05) is 45.7 Å². The maximum atomic E-state index is 13.3. The average molecular weight is 446 g/mol. The van der Waals surface area contributed by atoms with Gasteiger partial charge in [0.25, 0.3) is 0 Å². The molecular weight excluding hydrogens is 414 g/mol. The monoisotopic (exact) mass is 445 g/mol. The quantitative estimate of drug-likeness (QED) is 0.693. The van der Waals surface area contributed by atoms with E-state index in [1.54, 1.807) is 0 Å². The highest BCUT2D eigenvalue weighted by Crippen LogP contribution is 2.36. The fourth-order valence-electron chi connectivity index (χ4n) is 4.37. The van der Waals surface area contributed by atoms with Crippen molar-refractivity contribution in [1.29, 1.82) is 0 Å². The molecule has 0 aliphatic carbocycles. The zero-order chi connectivity index (χ0) is 20.4. The Balaban J connectivity index is 0.00000300. The Morgan fingerprint density at radius 1 is 1.28 bits per heavy atom. The van der Waals surface area contributed by atoms with E-state index in [9.17, 15) is 13.2 Å². The molecule has 0 radical (unpaired) electrons. The predicted molar refractivity (Wildman–Crippen MR) is 116 cm³/mol. The Bertz CT molecular complexity index is 817. The molecule has 0 unspecified atom stereocenters. The third-order valence-corrected chi connectivity index (χ3v) is 8.88. The van der Waals surface area contributed by atoms with Crippen LogP contribution in [-0.4, -0.2) is 56.7 Å². The number of nitrogens with zero attached hydrogens (tertiary/aromatic N) is 1. The molecule has 2 aliphatic rings. The molecule has 29 heavy (non-hydrogen) atoms. The van der Waals surface area contributed by atoms with Gasteiger partial charge >= 0.3 is 0 Å². The van der Waals surface area contributed by atoms with Gasteiger partial charge in [-0.2, -0.15) is 0 Å². The summed E-state index contributed by atoms with van der Waals surface area (Å²) in [7, 11) is -1.87. The lowest BCUT2D eigenvalue weighted by Crippen LogP contribution is -2.59. The number of halogens is 1. The van der Waals surface area contributed by atoms with Crippen LogP contribution in [0.5, 0.6) is 0 Å². The van der Waals surface area contributed by atoms with Crippen LogP contribution in [-0.2, 0) is 26.1 Å². The van der Waals surface area contributed by atoms with Crippen LogP contribution in [0.15, 0.2) is 18.2 Å². The summed E-state index contributed by atoms with van der Waals surface area (Å²) < 4.78 is 31.8. The van der Waals surface area contributed by atoms with Crippen molar-refractivity contribution < 1.29 is 17.9 Å². The normalized spacial score (nSPS) is 20.8. The summed E-state index contributed by atoms with van der Waals surface area (Å²) in [4.78, 5) is 12.1. The number of nitrogens with one attached hydrogen (secondary N) is 1. The van der Waals surface area contributed by atoms with E-state index < -0.39 is 20.7 Å². The van der Waals surface area contributed by atoms with Crippen LogP contribution in [0.2, 0.25) is 0 Å². The van der Waals surface area contributed by atoms with Crippen LogP contribution in [0.1, 0.15) is 48.3 Å². The fourth-order valence-corrected chi connectivity index (χ4v) is 6.49. The van der Waals surface area contributed by atoms with Crippen LogP contribution < -0.4 is 11.1 Å². The van der Waals surface area contributed by atoms with Gasteiger partial charge < -0.3 is 15.8 Å². The van der Waals surface area contributed by atoms with Crippen molar-refractivity contribution >= 4 is 28.3 Å². The molecular formula is C20H32ClN3O4S. The Morgan fingerprint density at radius 2 is 1.90 bits per heavy atom. The predicted octanol–water partition coefficient (Wildman–Crippen LogP) is 1.68. The van der Waals surface area contributed by atoms with Crippen molar-refractivity contribution in [2.24, 2.45) is 5.73 Å². The molecule has 164 valence electrons. The molecule has 0 atom stereocenters. The molecule has 0 aromatic heterocycles. The number of benzene rings is 1. The molecule has 3 N–H and O–H groups in total. The Morgan fingerprint density at radius 3 is 2.41 bits per heavy atom. The molecule has 1 amide bonds. The number of aryl methyl sites for hydroxylation is 1. The maximum Gasteiger partial charge on any atom is 0.240 e. The van der Waals surface area contributed by atoms with Gasteiger partial charge in [0.1, 0.15) is 0 Å². The summed E-state index contributed by atoms with van der Waals surface area (Å²) in [5, 5.41) is 3.17. The summed E-state index contributed by atoms with van der Waals surface area (Å²) in [6.45, 7) is 4.27. The molecule has 2 aliphatic heterocycles. The van der Waals surface area contributed by atoms with Crippen LogP contribution >= 0.6 is 12.4 Å². The zero-order valence-electron chi connectivity index (χ0n) is 17.1. The maximum absolute atomic E-state index is 13.3. The molecule has 1 aromatic carbocycles. The number of nitrogens with two attached hydrogens (primary N) is 1. The van der Waals surface area contributed by atoms with Gasteiger partial charge in [-0.1, -0.05) is 18.2 Å². The average Bonchev–Trinajstić information content (AvgIpc) is 2.70. The molecule has 0 spiro atoms. The number of piperidine rings is 1. The Labute approximate surface area is 179 Å². The molecule has 1 aromatic rings. The molecule has 9 heteroatoms. The fraction of sp³-hybridized carbons (Fsp3) is 0.650. The Kier molecular flexibility index (Phi) is 8.09. The minimum atomic E-state index is -3.80. The van der Waals surface area contributed by atoms with Crippen molar-refractivity contribution in [3.63, 3.8) is 0 Å². The number of rotatable bonds is 6. The molecule has 2 fully saturated rings. The smallest absolute Gasteiger partial charge is 0.240 e. The number of hydrogen-bond donors (Lipinski definition) is 2. The van der Waals surface area contributed by atoms with E-state index in [0.717, 1.165) is 19.4 Å². The largest absolute Gasteiger partial charge is 0.381 e. The lowest BCUT2D eigenvalue weighted by Gasteiger charge is -2.40. The number of carbonyl (C=O) groups excluding carboxylic acids is 1. The molecule has 3 rings (SSSR count). The van der Waals surface area contributed by atoms with Crippen LogP contribution in [0, 0.1) is 6.92 Å². The van der Waals surface area contributed by atoms with Gasteiger partial charge in [-0.3, -0.25) is 4.79 Å². The summed E-state index contributed by atoms with van der Waals surface area (Å²) in [6.07, 6.45) is 1.76. The van der Waals surface area contributed by atoms with Crippen molar-refractivity contribution in [2.45, 2.75) is 49.8 Å². The third kappa shape index (κ3) is 4.61. The number of sulfonamides is 1. The SMILES string of the molecule is CNCc1ccc(C2CCN(S(=O)(=O)C3(C(N)=O)CCOCC3)CC2)cc1C.Cl. The van der Waals surface area contributed by atoms with Gasteiger partial charge in [-0.15, -0.1) is 12.4 Å². The first kappa shape index (κ1) is 24.1. The second-order valence-corrected chi connectivity index (χ2v) is 10.1. The van der Waals surface area contributed by atoms with E-state index in [2.05, 4.69) is 30.4 Å². The Hall–Kier alpha value is -1.19. The van der Waals surface area contributed by atoms with Gasteiger partial charge in [0.2, 0.25) is 15.9 Å². The molecule has 0 saturated carbocycles. The first-order valence-electron chi connectivity index (χ1n) is 9.93. The van der Waals surface area contributed by atoms with Gasteiger partial charge in [0.05, 0.1) is 0 Å². The van der Waals surface area contributed by atoms with E-state index in [4.69, 9.17) is 10.5 Å². The highest BCUT2D eigenvalue weighted by Gasteiger charge is 2.53. The summed E-state index contributed by atoms with van der Waals surface area (Å²) in [5.74, 6) is -0.429. The first-order valence-corrected chi connectivity index (χ1v) is 11.4. The van der Waals surface area contributed by atoms with Crippen molar-refractivity contribution in [3.8, 4) is 0 Å². The van der Waals surface area contributed by atoms with Crippen LogP contribution in [0.25, 0.3) is 0 Å². The van der Waals surface area contributed by atoms with Crippen molar-refractivity contribution in [1.82, 2.24) is 9.62 Å². The third-order valence-electron chi connectivity index (χ3n) is 6.24. The van der Waals surface area contributed by atoms with E-state index in [-0.39, 0.29) is 38.5 Å². The first-order chi connectivity index (χ1) is 13.3. The second-order valence-electron chi connectivity index (χ2n) is 7.87. The van der Waals surface area contributed by atoms with E-state index in [0.29, 0.717) is 19.0 Å². The lowest BCUT2D eigenvalue weighted by atomic mass is 9.88. The van der Waals surface area contributed by atoms with Crippen molar-refractivity contribution in [3.05, 3.63) is 34.9 Å². The number of carbonyl (C=O) groups is 1. The summed E-state index contributed by atoms with van der Waals surface area (Å²) in [6, 6.07) is 6.51. The van der Waals surface area contributed by atoms with Gasteiger partial charge in [-0.25, -0.2) is 12.7 Å². The van der Waals surface area contributed by atoms with E-state index >= 15 is 0 Å². The number of ether oxygens (including phenoxy) is 1. The molecule has 7 nitrogen and oxygen atoms in total. The van der Waals surface area contributed by atoms with Crippen LogP contribution in [0.3, 0.4) is 0 Å². The number of primary amides is 1. The standard InChI is InChI=1S/C20H31N3O4S.ClH/c1-15-13-17(3-4-18(15)14-22-2)16-5-9-23(10-6-16)28(25,26)20(19(21)24)7-11-27-12-8-20;/h3-4,13,16,22H,5-12,14H2,1-2H3,(H2,21,24);1H. The summed E-state index contributed by atoms with van der Waals surface area (Å²) >= 11 is 0. The second kappa shape index (κ2) is 9.75. The minimum absolute atomic E-state index is 0. The highest BCUT2D eigenvalue weighted by molar-refractivity contribution is 7.91. The van der Waals surface area contributed by atoms with E-state index in [1.165, 1.54) is 21.0 Å². The van der Waals surface area contributed by atoms with Crippen molar-refractivity contribution in [2.75, 3.05) is 33.4 Å². The van der Waals surface area contributed by atoms with Gasteiger partial charge in [-0.05, 0) is 49.4 Å². The molecule has 2 saturated heterocycles. The summed E-state index contributed by atoms with van der Waals surface area (Å²) in [5.41, 5.74) is 9.34. The van der Waals surface area contributed by atoms with E-state index in [1.807, 2.05) is 7.05 Å². The topological polar surface area (TPSA) is 102 Å². The molecule has 2 heterocycles. The minimum Gasteiger partial charge on any atom is -0.381 e. The number of amides is 1. The number of hydrogen-bond acceptors (Lipinski definition) is 5. The van der Waals surface area contributed by atoms with Crippen LogP contribution in [0.4, 0.5) is 0 Å². The molecule has 0 bridgehead atoms. The highest BCUT2D eigenvalue weighted by atomic mass is 35.5. The zero-order valence-corrected chi connectivity index (χ0v) is 18.8.